The summed E-state index contributed by atoms with van der Waals surface area (Å²) in [6, 6.07) is 0.338. The Morgan fingerprint density at radius 1 is 1.47 bits per heavy atom. The van der Waals surface area contributed by atoms with Crippen LogP contribution < -0.4 is 11.1 Å². The van der Waals surface area contributed by atoms with Crippen molar-refractivity contribution < 1.29 is 4.79 Å². The van der Waals surface area contributed by atoms with E-state index in [-0.39, 0.29) is 5.91 Å². The molecule has 0 aromatic heterocycles. The Kier molecular flexibility index (Phi) is 6.27. The maximum atomic E-state index is 11.9. The first kappa shape index (κ1) is 14.2. The van der Waals surface area contributed by atoms with Gasteiger partial charge in [0.15, 0.2) is 0 Å². The van der Waals surface area contributed by atoms with Crippen LogP contribution >= 0.6 is 0 Å². The van der Waals surface area contributed by atoms with Crippen LogP contribution in [0.5, 0.6) is 0 Å². The predicted molar refractivity (Wildman–Crippen MR) is 71.5 cm³/mol. The van der Waals surface area contributed by atoms with Crippen molar-refractivity contribution >= 4 is 5.91 Å². The van der Waals surface area contributed by atoms with Crippen molar-refractivity contribution in [1.29, 1.82) is 0 Å². The van der Waals surface area contributed by atoms with Crippen LogP contribution in [0.1, 0.15) is 46.0 Å². The lowest BCUT2D eigenvalue weighted by atomic mass is 9.93. The molecule has 17 heavy (non-hydrogen) atoms. The summed E-state index contributed by atoms with van der Waals surface area (Å²) in [5.41, 5.74) is 5.71. The molecule has 0 aliphatic heterocycles. The largest absolute Gasteiger partial charge is 0.353 e. The summed E-state index contributed by atoms with van der Waals surface area (Å²) < 4.78 is 0. The van der Waals surface area contributed by atoms with Crippen LogP contribution in [0.2, 0.25) is 0 Å². The smallest absolute Gasteiger partial charge is 0.220 e. The van der Waals surface area contributed by atoms with Gasteiger partial charge in [0.2, 0.25) is 5.91 Å². The Hall–Kier alpha value is -0.830. The fraction of sp³-hybridized carbons (Fsp3) is 0.786. The predicted octanol–water partition coefficient (Wildman–Crippen LogP) is 2.22. The Labute approximate surface area is 105 Å². The van der Waals surface area contributed by atoms with Gasteiger partial charge in [-0.05, 0) is 44.1 Å². The summed E-state index contributed by atoms with van der Waals surface area (Å²) in [5.74, 6) is 1.10. The molecule has 3 N–H and O–H groups in total. The number of hydrogen-bond acceptors (Lipinski definition) is 2. The van der Waals surface area contributed by atoms with Gasteiger partial charge in [0.1, 0.15) is 0 Å². The summed E-state index contributed by atoms with van der Waals surface area (Å²) in [6.07, 6.45) is 9.08. The second-order valence-corrected chi connectivity index (χ2v) is 5.48. The van der Waals surface area contributed by atoms with Gasteiger partial charge in [-0.25, -0.2) is 0 Å². The molecule has 0 heterocycles. The molecule has 2 atom stereocenters. The molecular weight excluding hydrogens is 212 g/mol. The van der Waals surface area contributed by atoms with Crippen LogP contribution in [-0.2, 0) is 4.79 Å². The van der Waals surface area contributed by atoms with Crippen LogP contribution in [0.4, 0.5) is 0 Å². The maximum absolute atomic E-state index is 11.9. The van der Waals surface area contributed by atoms with Gasteiger partial charge in [0, 0.05) is 12.5 Å². The van der Waals surface area contributed by atoms with Gasteiger partial charge >= 0.3 is 0 Å². The molecule has 2 unspecified atom stereocenters. The molecule has 0 saturated carbocycles. The molecule has 0 aromatic rings. The lowest BCUT2D eigenvalue weighted by molar-refractivity contribution is -0.122. The zero-order chi connectivity index (χ0) is 12.7. The molecule has 0 spiro atoms. The number of carbonyl (C=O) groups is 1. The van der Waals surface area contributed by atoms with Crippen molar-refractivity contribution in [2.75, 3.05) is 6.54 Å². The van der Waals surface area contributed by atoms with E-state index < -0.39 is 0 Å². The van der Waals surface area contributed by atoms with E-state index in [1.807, 2.05) is 0 Å². The molecule has 0 radical (unpaired) electrons. The van der Waals surface area contributed by atoms with E-state index in [1.54, 1.807) is 0 Å². The number of carbonyl (C=O) groups excluding carboxylic acids is 1. The quantitative estimate of drug-likeness (QED) is 0.697. The number of hydrogen-bond donors (Lipinski definition) is 2. The molecule has 1 amide bonds. The highest BCUT2D eigenvalue weighted by atomic mass is 16.1. The van der Waals surface area contributed by atoms with E-state index in [2.05, 4.69) is 31.3 Å². The first-order valence-electron chi connectivity index (χ1n) is 6.76. The molecule has 0 bridgehead atoms. The van der Waals surface area contributed by atoms with Gasteiger partial charge < -0.3 is 11.1 Å². The van der Waals surface area contributed by atoms with E-state index >= 15 is 0 Å². The molecule has 98 valence electrons. The third-order valence-corrected chi connectivity index (χ3v) is 3.25. The summed E-state index contributed by atoms with van der Waals surface area (Å²) in [4.78, 5) is 11.9. The third-order valence-electron chi connectivity index (χ3n) is 3.25. The Morgan fingerprint density at radius 3 is 2.76 bits per heavy atom. The van der Waals surface area contributed by atoms with Crippen molar-refractivity contribution in [1.82, 2.24) is 5.32 Å². The average Bonchev–Trinajstić information content (AvgIpc) is 2.28. The Morgan fingerprint density at radius 2 is 2.24 bits per heavy atom. The summed E-state index contributed by atoms with van der Waals surface area (Å²) >= 11 is 0. The molecular formula is C14H26N2O. The average molecular weight is 238 g/mol. The van der Waals surface area contributed by atoms with Gasteiger partial charge in [0.25, 0.3) is 0 Å². The first-order valence-corrected chi connectivity index (χ1v) is 6.76. The van der Waals surface area contributed by atoms with E-state index in [9.17, 15) is 4.79 Å². The minimum Gasteiger partial charge on any atom is -0.353 e. The second-order valence-electron chi connectivity index (χ2n) is 5.48. The lowest BCUT2D eigenvalue weighted by Gasteiger charge is -2.22. The van der Waals surface area contributed by atoms with Crippen molar-refractivity contribution in [2.45, 2.75) is 52.0 Å². The normalized spacial score (nSPS) is 21.5. The van der Waals surface area contributed by atoms with Gasteiger partial charge in [0.05, 0.1) is 0 Å². The number of nitrogens with two attached hydrogens (primary N) is 1. The van der Waals surface area contributed by atoms with Crippen LogP contribution in [0.15, 0.2) is 12.2 Å². The van der Waals surface area contributed by atoms with Crippen LogP contribution in [0.3, 0.4) is 0 Å². The summed E-state index contributed by atoms with van der Waals surface area (Å²) in [7, 11) is 0. The highest BCUT2D eigenvalue weighted by molar-refractivity contribution is 5.76. The highest BCUT2D eigenvalue weighted by Crippen LogP contribution is 2.15. The number of nitrogens with one attached hydrogen (secondary N) is 1. The lowest BCUT2D eigenvalue weighted by Crippen LogP contribution is -2.37. The van der Waals surface area contributed by atoms with E-state index in [1.165, 1.54) is 0 Å². The maximum Gasteiger partial charge on any atom is 0.220 e. The number of allylic oxidation sites excluding steroid dienone is 1. The molecule has 0 saturated heterocycles. The van der Waals surface area contributed by atoms with Crippen molar-refractivity contribution in [2.24, 2.45) is 17.6 Å². The van der Waals surface area contributed by atoms with Crippen molar-refractivity contribution in [3.05, 3.63) is 12.2 Å². The monoisotopic (exact) mass is 238 g/mol. The SMILES string of the molecule is CC(C)CC(CN)CC(=O)NC1CC=CCC1. The highest BCUT2D eigenvalue weighted by Gasteiger charge is 2.17. The van der Waals surface area contributed by atoms with Gasteiger partial charge in [-0.15, -0.1) is 0 Å². The first-order chi connectivity index (χ1) is 8.11. The molecule has 1 aliphatic carbocycles. The van der Waals surface area contributed by atoms with Crippen molar-refractivity contribution in [3.8, 4) is 0 Å². The molecule has 0 fully saturated rings. The van der Waals surface area contributed by atoms with Gasteiger partial charge in [-0.3, -0.25) is 4.79 Å². The molecule has 3 heteroatoms. The third kappa shape index (κ3) is 5.87. The zero-order valence-corrected chi connectivity index (χ0v) is 11.1. The minimum absolute atomic E-state index is 0.168. The summed E-state index contributed by atoms with van der Waals surface area (Å²) in [6.45, 7) is 4.95. The van der Waals surface area contributed by atoms with Crippen LogP contribution in [0, 0.1) is 11.8 Å². The Balaban J connectivity index is 2.29. The zero-order valence-electron chi connectivity index (χ0n) is 11.1. The molecule has 1 aliphatic rings. The fourth-order valence-electron chi connectivity index (χ4n) is 2.40. The molecule has 0 aromatic carbocycles. The molecule has 3 nitrogen and oxygen atoms in total. The van der Waals surface area contributed by atoms with E-state index in [0.717, 1.165) is 25.7 Å². The topological polar surface area (TPSA) is 55.1 Å². The standard InChI is InChI=1S/C14H26N2O/c1-11(2)8-12(10-15)9-14(17)16-13-6-4-3-5-7-13/h3-4,11-13H,5-10,15H2,1-2H3,(H,16,17). The second kappa shape index (κ2) is 7.49. The molecule has 1 rings (SSSR count). The van der Waals surface area contributed by atoms with Crippen molar-refractivity contribution in [3.63, 3.8) is 0 Å². The Bertz CT molecular complexity index is 261. The number of rotatable bonds is 6. The van der Waals surface area contributed by atoms with Crippen LogP contribution in [-0.4, -0.2) is 18.5 Å². The van der Waals surface area contributed by atoms with E-state index in [4.69, 9.17) is 5.73 Å². The van der Waals surface area contributed by atoms with Gasteiger partial charge in [-0.2, -0.15) is 0 Å². The van der Waals surface area contributed by atoms with Crippen LogP contribution in [0.25, 0.3) is 0 Å². The number of amides is 1. The fourth-order valence-corrected chi connectivity index (χ4v) is 2.40. The summed E-state index contributed by atoms with van der Waals surface area (Å²) in [5, 5.41) is 3.11. The minimum atomic E-state index is 0.168. The van der Waals surface area contributed by atoms with E-state index in [0.29, 0.717) is 30.8 Å². The van der Waals surface area contributed by atoms with Gasteiger partial charge in [-0.1, -0.05) is 26.0 Å².